The van der Waals surface area contributed by atoms with Crippen LogP contribution < -0.4 is 20.1 Å². The molecule has 32 heavy (non-hydrogen) atoms. The summed E-state index contributed by atoms with van der Waals surface area (Å²) >= 11 is 6.38. The first-order chi connectivity index (χ1) is 15.4. The van der Waals surface area contributed by atoms with Crippen LogP contribution in [0.4, 0.5) is 17.1 Å². The molecule has 3 aromatic carbocycles. The summed E-state index contributed by atoms with van der Waals surface area (Å²) in [5.41, 5.74) is 3.27. The van der Waals surface area contributed by atoms with Crippen LogP contribution in [-0.4, -0.2) is 24.5 Å². The molecule has 0 aliphatic rings. The minimum Gasteiger partial charge on any atom is -0.493 e. The zero-order valence-corrected chi connectivity index (χ0v) is 18.3. The topological polar surface area (TPSA) is 103 Å². The highest BCUT2D eigenvalue weighted by molar-refractivity contribution is 6.32. The normalized spacial score (nSPS) is 10.3. The second kappa shape index (κ2) is 10.5. The minimum absolute atomic E-state index is 0.0215. The van der Waals surface area contributed by atoms with Crippen molar-refractivity contribution in [3.05, 3.63) is 86.9 Å². The predicted molar refractivity (Wildman–Crippen MR) is 124 cm³/mol. The molecule has 1 amide bonds. The molecule has 0 fully saturated rings. The number of ether oxygens (including phenoxy) is 2. The summed E-state index contributed by atoms with van der Waals surface area (Å²) < 4.78 is 11.0. The van der Waals surface area contributed by atoms with Gasteiger partial charge in [0.05, 0.1) is 17.1 Å². The van der Waals surface area contributed by atoms with Crippen molar-refractivity contribution in [2.45, 2.75) is 13.5 Å². The van der Waals surface area contributed by atoms with Crippen LogP contribution in [0.3, 0.4) is 0 Å². The number of rotatable bonds is 9. The van der Waals surface area contributed by atoms with Gasteiger partial charge in [0.25, 0.3) is 11.6 Å². The lowest BCUT2D eigenvalue weighted by atomic mass is 10.2. The van der Waals surface area contributed by atoms with Gasteiger partial charge in [-0.25, -0.2) is 0 Å². The van der Waals surface area contributed by atoms with Crippen molar-refractivity contribution < 1.29 is 19.2 Å². The SMILES string of the molecule is COc1cc(CNc2ccc([N+](=O)[O-])cc2)cc(Cl)c1OCC(=O)Nc1cccc(C)c1. The molecule has 0 aliphatic heterocycles. The fourth-order valence-electron chi connectivity index (χ4n) is 2.98. The fourth-order valence-corrected chi connectivity index (χ4v) is 3.27. The zero-order valence-electron chi connectivity index (χ0n) is 17.6. The van der Waals surface area contributed by atoms with Gasteiger partial charge >= 0.3 is 0 Å². The van der Waals surface area contributed by atoms with E-state index < -0.39 is 4.92 Å². The van der Waals surface area contributed by atoms with E-state index in [1.165, 1.54) is 19.2 Å². The molecule has 0 bridgehead atoms. The number of nitro benzene ring substituents is 1. The van der Waals surface area contributed by atoms with Gasteiger partial charge in [-0.1, -0.05) is 23.7 Å². The largest absolute Gasteiger partial charge is 0.493 e. The Bertz CT molecular complexity index is 1120. The van der Waals surface area contributed by atoms with E-state index in [4.69, 9.17) is 21.1 Å². The van der Waals surface area contributed by atoms with E-state index in [1.54, 1.807) is 30.3 Å². The van der Waals surface area contributed by atoms with Gasteiger partial charge in [-0.2, -0.15) is 0 Å². The van der Waals surface area contributed by atoms with Crippen molar-refractivity contribution in [2.24, 2.45) is 0 Å². The molecule has 3 aromatic rings. The van der Waals surface area contributed by atoms with E-state index in [-0.39, 0.29) is 24.0 Å². The Morgan fingerprint density at radius 2 is 1.84 bits per heavy atom. The summed E-state index contributed by atoms with van der Waals surface area (Å²) in [5, 5.41) is 17.0. The van der Waals surface area contributed by atoms with Crippen LogP contribution in [0.2, 0.25) is 5.02 Å². The van der Waals surface area contributed by atoms with Crippen LogP contribution in [-0.2, 0) is 11.3 Å². The van der Waals surface area contributed by atoms with Crippen LogP contribution in [0.25, 0.3) is 0 Å². The summed E-state index contributed by atoms with van der Waals surface area (Å²) in [7, 11) is 1.48. The van der Waals surface area contributed by atoms with Crippen LogP contribution in [0.15, 0.2) is 60.7 Å². The Hall–Kier alpha value is -3.78. The molecule has 8 nitrogen and oxygen atoms in total. The van der Waals surface area contributed by atoms with Crippen molar-refractivity contribution >= 4 is 34.6 Å². The summed E-state index contributed by atoms with van der Waals surface area (Å²) in [4.78, 5) is 22.5. The Morgan fingerprint density at radius 3 is 2.50 bits per heavy atom. The molecule has 0 saturated heterocycles. The number of methoxy groups -OCH3 is 1. The molecule has 0 aliphatic carbocycles. The Morgan fingerprint density at radius 1 is 1.09 bits per heavy atom. The molecule has 2 N–H and O–H groups in total. The van der Waals surface area contributed by atoms with Crippen LogP contribution >= 0.6 is 11.6 Å². The fraction of sp³-hybridized carbons (Fsp3) is 0.174. The monoisotopic (exact) mass is 455 g/mol. The van der Waals surface area contributed by atoms with Gasteiger partial charge in [-0.05, 0) is 54.4 Å². The standard InChI is InChI=1S/C23H22ClN3O5/c1-15-4-3-5-18(10-15)26-22(28)14-32-23-20(24)11-16(12-21(23)31-2)13-25-17-6-8-19(9-7-17)27(29)30/h3-12,25H,13-14H2,1-2H3,(H,26,28). The molecule has 0 spiro atoms. The number of aryl methyl sites for hydroxylation is 1. The van der Waals surface area contributed by atoms with Gasteiger partial charge in [0.2, 0.25) is 0 Å². The highest BCUT2D eigenvalue weighted by atomic mass is 35.5. The molecule has 0 aromatic heterocycles. The molecule has 0 radical (unpaired) electrons. The van der Waals surface area contributed by atoms with Crippen LogP contribution in [0.1, 0.15) is 11.1 Å². The first-order valence-corrected chi connectivity index (χ1v) is 10.1. The third-order valence-corrected chi connectivity index (χ3v) is 4.79. The number of hydrogen-bond donors (Lipinski definition) is 2. The van der Waals surface area contributed by atoms with Crippen LogP contribution in [0, 0.1) is 17.0 Å². The van der Waals surface area contributed by atoms with Gasteiger partial charge < -0.3 is 20.1 Å². The number of nitro groups is 1. The molecule has 166 valence electrons. The first kappa shape index (κ1) is 22.9. The third-order valence-electron chi connectivity index (χ3n) is 4.51. The van der Waals surface area contributed by atoms with Gasteiger partial charge in [0, 0.05) is 30.1 Å². The van der Waals surface area contributed by atoms with E-state index in [2.05, 4.69) is 10.6 Å². The number of carbonyl (C=O) groups excluding carboxylic acids is 1. The Kier molecular flexibility index (Phi) is 7.51. The number of anilines is 2. The maximum absolute atomic E-state index is 12.2. The lowest BCUT2D eigenvalue weighted by molar-refractivity contribution is -0.384. The van der Waals surface area contributed by atoms with Crippen molar-refractivity contribution in [1.82, 2.24) is 0 Å². The van der Waals surface area contributed by atoms with E-state index >= 15 is 0 Å². The second-order valence-electron chi connectivity index (χ2n) is 6.97. The summed E-state index contributed by atoms with van der Waals surface area (Å²) in [5.74, 6) is 0.339. The molecule has 0 unspecified atom stereocenters. The molecule has 3 rings (SSSR count). The number of amides is 1. The second-order valence-corrected chi connectivity index (χ2v) is 7.38. The number of carbonyl (C=O) groups is 1. The van der Waals surface area contributed by atoms with Crippen molar-refractivity contribution in [3.63, 3.8) is 0 Å². The van der Waals surface area contributed by atoms with Gasteiger partial charge in [-0.15, -0.1) is 0 Å². The molecular weight excluding hydrogens is 434 g/mol. The van der Waals surface area contributed by atoms with Gasteiger partial charge in [0.15, 0.2) is 18.1 Å². The van der Waals surface area contributed by atoms with E-state index in [9.17, 15) is 14.9 Å². The zero-order chi connectivity index (χ0) is 23.1. The van der Waals surface area contributed by atoms with Crippen molar-refractivity contribution in [3.8, 4) is 11.5 Å². The lowest BCUT2D eigenvalue weighted by Gasteiger charge is -2.15. The number of halogens is 1. The van der Waals surface area contributed by atoms with Crippen LogP contribution in [0.5, 0.6) is 11.5 Å². The highest BCUT2D eigenvalue weighted by Crippen LogP contribution is 2.36. The quantitative estimate of drug-likeness (QED) is 0.340. The number of nitrogens with one attached hydrogen (secondary N) is 2. The lowest BCUT2D eigenvalue weighted by Crippen LogP contribution is -2.20. The summed E-state index contributed by atoms with van der Waals surface area (Å²) in [6.45, 7) is 2.11. The summed E-state index contributed by atoms with van der Waals surface area (Å²) in [6, 6.07) is 17.0. The van der Waals surface area contributed by atoms with E-state index in [1.807, 2.05) is 25.1 Å². The molecular formula is C23H22ClN3O5. The first-order valence-electron chi connectivity index (χ1n) is 9.70. The number of benzene rings is 3. The predicted octanol–water partition coefficient (Wildman–Crippen LogP) is 5.19. The Balaban J connectivity index is 1.62. The summed E-state index contributed by atoms with van der Waals surface area (Å²) in [6.07, 6.45) is 0. The molecule has 9 heteroatoms. The maximum Gasteiger partial charge on any atom is 0.269 e. The van der Waals surface area contributed by atoms with Crippen molar-refractivity contribution in [2.75, 3.05) is 24.4 Å². The average Bonchev–Trinajstić information content (AvgIpc) is 2.76. The average molecular weight is 456 g/mol. The van der Waals surface area contributed by atoms with E-state index in [0.717, 1.165) is 16.8 Å². The maximum atomic E-state index is 12.2. The number of hydrogen-bond acceptors (Lipinski definition) is 6. The van der Waals surface area contributed by atoms with Gasteiger partial charge in [-0.3, -0.25) is 14.9 Å². The van der Waals surface area contributed by atoms with Crippen molar-refractivity contribution in [1.29, 1.82) is 0 Å². The molecule has 0 saturated carbocycles. The molecule has 0 heterocycles. The Labute approximate surface area is 190 Å². The minimum atomic E-state index is -0.450. The third kappa shape index (κ3) is 6.12. The van der Waals surface area contributed by atoms with E-state index in [0.29, 0.717) is 23.0 Å². The smallest absolute Gasteiger partial charge is 0.269 e. The number of nitrogens with zero attached hydrogens (tertiary/aromatic N) is 1. The highest BCUT2D eigenvalue weighted by Gasteiger charge is 2.14. The molecule has 0 atom stereocenters. The number of non-ortho nitro benzene ring substituents is 1. The van der Waals surface area contributed by atoms with Gasteiger partial charge in [0.1, 0.15) is 0 Å².